The van der Waals surface area contributed by atoms with Crippen molar-refractivity contribution in [3.8, 4) is 11.3 Å². The normalized spacial score (nSPS) is 26.4. The monoisotopic (exact) mass is 839 g/mol. The Morgan fingerprint density at radius 1 is 1.09 bits per heavy atom. The Bertz CT molecular complexity index is 2210. The molecule has 0 bridgehead atoms. The fourth-order valence-electron chi connectivity index (χ4n) is 8.93. The van der Waals surface area contributed by atoms with Gasteiger partial charge in [-0.25, -0.2) is 23.2 Å². The molecule has 14 nitrogen and oxygen atoms in total. The van der Waals surface area contributed by atoms with Gasteiger partial charge in [-0.3, -0.25) is 24.0 Å². The number of nitrogens with zero attached hydrogens (tertiary/aromatic N) is 4. The van der Waals surface area contributed by atoms with Crippen molar-refractivity contribution in [1.82, 2.24) is 29.8 Å². The number of pyridine rings is 1. The Hall–Kier alpha value is -4.61. The number of carboxylic acid groups (broad SMARTS) is 1. The number of carbonyl (C=O) groups excluding carboxylic acids is 3. The van der Waals surface area contributed by atoms with E-state index in [1.807, 2.05) is 6.07 Å². The van der Waals surface area contributed by atoms with Crippen molar-refractivity contribution in [3.05, 3.63) is 76.7 Å². The number of sulfonamides is 1. The van der Waals surface area contributed by atoms with Gasteiger partial charge in [0.1, 0.15) is 17.6 Å². The second-order valence-corrected chi connectivity index (χ2v) is 19.0. The summed E-state index contributed by atoms with van der Waals surface area (Å²) >= 11 is 8.00. The number of nitrogens with one attached hydrogen (secondary N) is 3. The van der Waals surface area contributed by atoms with Gasteiger partial charge in [0.15, 0.2) is 5.13 Å². The lowest BCUT2D eigenvalue weighted by atomic mass is 9.83. The largest absolute Gasteiger partial charge is 0.465 e. The Kier molecular flexibility index (Phi) is 10.5. The first kappa shape index (κ1) is 39.2. The summed E-state index contributed by atoms with van der Waals surface area (Å²) in [6.45, 7) is 3.89. The van der Waals surface area contributed by atoms with E-state index >= 15 is 4.79 Å². The van der Waals surface area contributed by atoms with E-state index in [2.05, 4.69) is 26.9 Å². The molecule has 3 saturated carbocycles. The van der Waals surface area contributed by atoms with Crippen LogP contribution >= 0.6 is 22.9 Å². The molecule has 302 valence electrons. The molecule has 3 aromatic rings. The number of fused-ring (bicyclic) bond motifs is 1. The molecule has 5 aliphatic rings. The van der Waals surface area contributed by atoms with E-state index in [4.69, 9.17) is 16.6 Å². The van der Waals surface area contributed by atoms with Crippen molar-refractivity contribution in [2.75, 3.05) is 11.9 Å². The molecule has 4 heterocycles. The Balaban J connectivity index is 1.13. The van der Waals surface area contributed by atoms with Crippen LogP contribution in [0.3, 0.4) is 0 Å². The summed E-state index contributed by atoms with van der Waals surface area (Å²) in [5.41, 5.74) is 0.916. The van der Waals surface area contributed by atoms with E-state index in [0.29, 0.717) is 39.8 Å². The molecular formula is C39H43ClFN7O7S2. The number of hydrogen-bond donors (Lipinski definition) is 4. The van der Waals surface area contributed by atoms with Crippen molar-refractivity contribution in [1.29, 1.82) is 0 Å². The van der Waals surface area contributed by atoms with Crippen molar-refractivity contribution in [3.63, 3.8) is 0 Å². The topological polar surface area (TPSA) is 191 Å². The highest BCUT2D eigenvalue weighted by Gasteiger charge is 2.62. The average Bonchev–Trinajstić information content (AvgIpc) is 4.01. The van der Waals surface area contributed by atoms with Crippen LogP contribution in [-0.2, 0) is 31.0 Å². The molecule has 1 aromatic carbocycles. The maximum absolute atomic E-state index is 15.1. The molecule has 6 atom stereocenters. The summed E-state index contributed by atoms with van der Waals surface area (Å²) in [6.07, 6.45) is 7.08. The lowest BCUT2D eigenvalue weighted by Crippen LogP contribution is -2.58. The zero-order valence-electron chi connectivity index (χ0n) is 30.9. The number of carbonyl (C=O) groups is 4. The van der Waals surface area contributed by atoms with E-state index in [1.54, 1.807) is 23.6 Å². The average molecular weight is 840 g/mol. The van der Waals surface area contributed by atoms with Crippen LogP contribution in [0, 0.1) is 23.7 Å². The van der Waals surface area contributed by atoms with Gasteiger partial charge in [-0.05, 0) is 73.8 Å². The fraction of sp³-hybridized carbons (Fsp3) is 0.487. The molecule has 4 N–H and O–H groups in total. The van der Waals surface area contributed by atoms with Crippen LogP contribution in [0.25, 0.3) is 11.3 Å². The third-order valence-corrected chi connectivity index (χ3v) is 15.1. The number of amides is 4. The Morgan fingerprint density at radius 2 is 1.86 bits per heavy atom. The molecule has 2 unspecified atom stereocenters. The van der Waals surface area contributed by atoms with Crippen LogP contribution in [0.5, 0.6) is 0 Å². The lowest BCUT2D eigenvalue weighted by molar-refractivity contribution is -0.141. The zero-order chi connectivity index (χ0) is 40.2. The Morgan fingerprint density at radius 3 is 2.53 bits per heavy atom. The number of anilines is 1. The van der Waals surface area contributed by atoms with E-state index in [0.717, 1.165) is 37.7 Å². The molecule has 0 radical (unpaired) electrons. The predicted molar refractivity (Wildman–Crippen MR) is 210 cm³/mol. The van der Waals surface area contributed by atoms with Crippen molar-refractivity contribution in [2.24, 2.45) is 17.8 Å². The third-order valence-electron chi connectivity index (χ3n) is 12.2. The summed E-state index contributed by atoms with van der Waals surface area (Å²) < 4.78 is 41.4. The number of likely N-dealkylation sites (tertiary alicyclic amines) is 1. The van der Waals surface area contributed by atoms with Gasteiger partial charge in [-0.15, -0.1) is 17.9 Å². The summed E-state index contributed by atoms with van der Waals surface area (Å²) in [6, 6.07) is 5.33. The first-order valence-corrected chi connectivity index (χ1v) is 22.0. The van der Waals surface area contributed by atoms with Gasteiger partial charge in [0.25, 0.3) is 5.91 Å². The van der Waals surface area contributed by atoms with Gasteiger partial charge in [-0.1, -0.05) is 49.1 Å². The SMILES string of the molecule is C=C[C@@H]1C[C@]1(NC(=O)[C@@H]1C[C@@H](C2c3c(Cl)cccc3CN2C(=O)O)CN1C(=O)C(Nc1nc(-c2ccc(F)nc2)cs1)C1CCCCC1)C(=O)NS(=O)(=O)C1CC1. The van der Waals surface area contributed by atoms with Gasteiger partial charge in [0, 0.05) is 40.5 Å². The summed E-state index contributed by atoms with van der Waals surface area (Å²) in [5.74, 6) is -3.75. The minimum atomic E-state index is -3.93. The van der Waals surface area contributed by atoms with E-state index in [1.165, 1.54) is 39.5 Å². The smallest absolute Gasteiger partial charge is 0.408 e. The minimum Gasteiger partial charge on any atom is -0.465 e. The summed E-state index contributed by atoms with van der Waals surface area (Å²) in [7, 11) is -3.93. The van der Waals surface area contributed by atoms with Crippen molar-refractivity contribution in [2.45, 2.75) is 93.2 Å². The third kappa shape index (κ3) is 7.60. The van der Waals surface area contributed by atoms with Crippen LogP contribution in [0.1, 0.15) is 75.0 Å². The highest BCUT2D eigenvalue weighted by molar-refractivity contribution is 7.91. The van der Waals surface area contributed by atoms with E-state index < -0.39 is 74.6 Å². The first-order chi connectivity index (χ1) is 27.3. The molecule has 0 spiro atoms. The molecule has 2 aromatic heterocycles. The van der Waals surface area contributed by atoms with Crippen molar-refractivity contribution < 1.29 is 37.1 Å². The molecule has 4 amide bonds. The zero-order valence-corrected chi connectivity index (χ0v) is 33.3. The maximum atomic E-state index is 15.1. The minimum absolute atomic E-state index is 0.00540. The second-order valence-electron chi connectivity index (χ2n) is 15.8. The van der Waals surface area contributed by atoms with Crippen LogP contribution in [0.4, 0.5) is 14.3 Å². The number of thiazole rings is 1. The van der Waals surface area contributed by atoms with Crippen LogP contribution < -0.4 is 15.4 Å². The highest BCUT2D eigenvalue weighted by atomic mass is 35.5. The highest BCUT2D eigenvalue weighted by Crippen LogP contribution is 2.49. The molecule has 57 heavy (non-hydrogen) atoms. The first-order valence-electron chi connectivity index (χ1n) is 19.2. The van der Waals surface area contributed by atoms with Gasteiger partial charge >= 0.3 is 6.09 Å². The standard InChI is InChI=1S/C39H43ClFN7O7S2/c1-2-25-16-39(25,36(51)46-57(54,55)26-12-13-26)45-34(49)29-15-24(33-31-23(9-6-10-27(31)40)18-48(33)38(52)53)19-47(29)35(50)32(21-7-4-3-5-8-21)44-37-43-28(20-56-37)22-11-14-30(41)42-17-22/h2,6,9-11,14,17,20-21,24-26,29,32-33H,1,3-5,7-8,12-13,15-16,18-19H2,(H,43,44)(H,45,49)(H,46,51)(H,52,53)/t24-,25-,29+,32?,33?,39-/m1/s1. The van der Waals surface area contributed by atoms with Crippen LogP contribution in [-0.4, -0.2) is 86.5 Å². The quantitative estimate of drug-likeness (QED) is 0.134. The molecule has 2 aliphatic heterocycles. The molecule has 3 aliphatic carbocycles. The maximum Gasteiger partial charge on any atom is 0.408 e. The molecule has 18 heteroatoms. The number of halogens is 2. The molecule has 8 rings (SSSR count). The Labute approximate surface area is 338 Å². The predicted octanol–water partition coefficient (Wildman–Crippen LogP) is 5.48. The van der Waals surface area contributed by atoms with Gasteiger partial charge in [-0.2, -0.15) is 4.39 Å². The summed E-state index contributed by atoms with van der Waals surface area (Å²) in [4.78, 5) is 67.3. The molecule has 4 fully saturated rings. The number of aromatic nitrogens is 2. The van der Waals surface area contributed by atoms with Crippen molar-refractivity contribution >= 4 is 61.9 Å². The van der Waals surface area contributed by atoms with Gasteiger partial charge in [0.2, 0.25) is 27.8 Å². The van der Waals surface area contributed by atoms with E-state index in [9.17, 15) is 32.3 Å². The fourth-order valence-corrected chi connectivity index (χ4v) is 11.4. The number of rotatable bonds is 12. The lowest BCUT2D eigenvalue weighted by Gasteiger charge is -2.35. The number of hydrogen-bond acceptors (Lipinski definition) is 10. The molecular weight excluding hydrogens is 797 g/mol. The second kappa shape index (κ2) is 15.3. The van der Waals surface area contributed by atoms with Crippen LogP contribution in [0.2, 0.25) is 5.02 Å². The van der Waals surface area contributed by atoms with Gasteiger partial charge < -0.3 is 20.6 Å². The van der Waals surface area contributed by atoms with Crippen LogP contribution in [0.15, 0.2) is 54.6 Å². The van der Waals surface area contributed by atoms with E-state index in [-0.39, 0.29) is 37.8 Å². The van der Waals surface area contributed by atoms with Gasteiger partial charge in [0.05, 0.1) is 23.5 Å². The molecule has 1 saturated heterocycles. The number of benzene rings is 1. The summed E-state index contributed by atoms with van der Waals surface area (Å²) in [5, 5.41) is 18.5.